The number of nitrogens with one attached hydrogen (secondary N) is 1. The first-order chi connectivity index (χ1) is 7.27. The maximum Gasteiger partial charge on any atom is 0.270 e. The number of pyridine rings is 1. The fraction of sp³-hybridized carbons (Fsp3) is 0.273. The molecule has 80 valence electrons. The number of nitrogens with zero attached hydrogens (tertiary/aromatic N) is 1. The molecule has 4 heteroatoms. The number of hydrogen-bond acceptors (Lipinski definition) is 3. The molecule has 1 aromatic heterocycles. The van der Waals surface area contributed by atoms with Crippen molar-refractivity contribution >= 4 is 5.91 Å². The van der Waals surface area contributed by atoms with E-state index in [1.165, 1.54) is 6.20 Å². The minimum Gasteiger partial charge on any atom is -0.495 e. The maximum atomic E-state index is 11.5. The van der Waals surface area contributed by atoms with Crippen LogP contribution in [0.3, 0.4) is 0 Å². The van der Waals surface area contributed by atoms with E-state index < -0.39 is 0 Å². The smallest absolute Gasteiger partial charge is 0.270 e. The normalized spacial score (nSPS) is 10.3. The molecule has 0 saturated carbocycles. The fourth-order valence-electron chi connectivity index (χ4n) is 0.995. The third kappa shape index (κ3) is 3.42. The van der Waals surface area contributed by atoms with Gasteiger partial charge in [-0.1, -0.05) is 12.2 Å². The third-order valence-corrected chi connectivity index (χ3v) is 1.82. The molecular weight excluding hydrogens is 192 g/mol. The van der Waals surface area contributed by atoms with Crippen LogP contribution >= 0.6 is 0 Å². The quantitative estimate of drug-likeness (QED) is 0.757. The average Bonchev–Trinajstić information content (AvgIpc) is 2.29. The zero-order chi connectivity index (χ0) is 11.1. The van der Waals surface area contributed by atoms with Crippen molar-refractivity contribution in [2.24, 2.45) is 0 Å². The van der Waals surface area contributed by atoms with Crippen LogP contribution in [-0.2, 0) is 0 Å². The fourth-order valence-corrected chi connectivity index (χ4v) is 0.995. The number of hydrogen-bond donors (Lipinski definition) is 1. The minimum absolute atomic E-state index is 0.184. The highest BCUT2D eigenvalue weighted by Crippen LogP contribution is 2.07. The Morgan fingerprint density at radius 2 is 2.40 bits per heavy atom. The molecular formula is C11H14N2O2. The zero-order valence-electron chi connectivity index (χ0n) is 8.86. The molecule has 0 atom stereocenters. The van der Waals surface area contributed by atoms with E-state index in [1.54, 1.807) is 19.2 Å². The van der Waals surface area contributed by atoms with Crippen LogP contribution in [0.5, 0.6) is 5.75 Å². The molecule has 4 nitrogen and oxygen atoms in total. The molecule has 0 bridgehead atoms. The molecule has 0 aliphatic rings. The summed E-state index contributed by atoms with van der Waals surface area (Å²) in [6, 6.07) is 3.33. The lowest BCUT2D eigenvalue weighted by Gasteiger charge is -2.02. The van der Waals surface area contributed by atoms with Gasteiger partial charge < -0.3 is 10.1 Å². The van der Waals surface area contributed by atoms with Gasteiger partial charge in [-0.05, 0) is 19.1 Å². The van der Waals surface area contributed by atoms with E-state index >= 15 is 0 Å². The lowest BCUT2D eigenvalue weighted by atomic mass is 10.3. The van der Waals surface area contributed by atoms with Crippen molar-refractivity contribution in [2.75, 3.05) is 13.7 Å². The second-order valence-electron chi connectivity index (χ2n) is 2.86. The lowest BCUT2D eigenvalue weighted by Crippen LogP contribution is -2.24. The number of carbonyl (C=O) groups excluding carboxylic acids is 1. The van der Waals surface area contributed by atoms with Gasteiger partial charge >= 0.3 is 0 Å². The Labute approximate surface area is 89.0 Å². The van der Waals surface area contributed by atoms with Gasteiger partial charge in [0, 0.05) is 6.54 Å². The van der Waals surface area contributed by atoms with Crippen molar-refractivity contribution in [3.8, 4) is 5.75 Å². The van der Waals surface area contributed by atoms with Gasteiger partial charge in [-0.25, -0.2) is 4.98 Å². The van der Waals surface area contributed by atoms with Crippen molar-refractivity contribution in [2.45, 2.75) is 6.92 Å². The molecule has 0 fully saturated rings. The van der Waals surface area contributed by atoms with E-state index in [2.05, 4.69) is 10.3 Å². The van der Waals surface area contributed by atoms with E-state index in [9.17, 15) is 4.79 Å². The molecule has 0 radical (unpaired) electrons. The van der Waals surface area contributed by atoms with Crippen molar-refractivity contribution in [3.05, 3.63) is 36.2 Å². The minimum atomic E-state index is -0.184. The number of aromatic nitrogens is 1. The summed E-state index contributed by atoms with van der Waals surface area (Å²) in [5.74, 6) is 0.454. The summed E-state index contributed by atoms with van der Waals surface area (Å²) in [5, 5.41) is 2.71. The van der Waals surface area contributed by atoms with Gasteiger partial charge in [-0.3, -0.25) is 4.79 Å². The van der Waals surface area contributed by atoms with E-state index in [0.717, 1.165) is 0 Å². The van der Waals surface area contributed by atoms with Crippen LogP contribution in [0, 0.1) is 0 Å². The second-order valence-corrected chi connectivity index (χ2v) is 2.86. The molecule has 1 amide bonds. The molecule has 1 N–H and O–H groups in total. The number of methoxy groups -OCH3 is 1. The monoisotopic (exact) mass is 206 g/mol. The van der Waals surface area contributed by atoms with Gasteiger partial charge in [0.1, 0.15) is 11.4 Å². The van der Waals surface area contributed by atoms with Crippen molar-refractivity contribution in [1.29, 1.82) is 0 Å². The molecule has 1 heterocycles. The highest BCUT2D eigenvalue weighted by molar-refractivity contribution is 5.92. The molecule has 0 saturated heterocycles. The first kappa shape index (κ1) is 11.2. The summed E-state index contributed by atoms with van der Waals surface area (Å²) in [7, 11) is 1.56. The van der Waals surface area contributed by atoms with E-state index in [-0.39, 0.29) is 5.91 Å². The van der Waals surface area contributed by atoms with Crippen LogP contribution in [-0.4, -0.2) is 24.5 Å². The molecule has 0 aliphatic carbocycles. The Morgan fingerprint density at radius 3 is 2.93 bits per heavy atom. The van der Waals surface area contributed by atoms with E-state index in [4.69, 9.17) is 4.74 Å². The molecule has 0 spiro atoms. The van der Waals surface area contributed by atoms with Crippen LogP contribution in [0.1, 0.15) is 17.4 Å². The number of ether oxygens (including phenoxy) is 1. The van der Waals surface area contributed by atoms with Gasteiger partial charge in [-0.2, -0.15) is 0 Å². The van der Waals surface area contributed by atoms with Gasteiger partial charge in [0.2, 0.25) is 0 Å². The Morgan fingerprint density at radius 1 is 1.60 bits per heavy atom. The molecule has 15 heavy (non-hydrogen) atoms. The Balaban J connectivity index is 2.58. The van der Waals surface area contributed by atoms with Crippen LogP contribution in [0.4, 0.5) is 0 Å². The van der Waals surface area contributed by atoms with Gasteiger partial charge in [0.25, 0.3) is 5.91 Å². The van der Waals surface area contributed by atoms with Crippen molar-refractivity contribution < 1.29 is 9.53 Å². The van der Waals surface area contributed by atoms with Crippen LogP contribution in [0.15, 0.2) is 30.5 Å². The summed E-state index contributed by atoms with van der Waals surface area (Å²) in [4.78, 5) is 15.4. The topological polar surface area (TPSA) is 51.2 Å². The molecule has 1 aromatic rings. The number of carbonyl (C=O) groups is 1. The molecule has 0 aromatic carbocycles. The summed E-state index contributed by atoms with van der Waals surface area (Å²) >= 11 is 0. The molecule has 0 aliphatic heterocycles. The number of amides is 1. The van der Waals surface area contributed by atoms with Gasteiger partial charge in [-0.15, -0.1) is 0 Å². The second kappa shape index (κ2) is 5.80. The summed E-state index contributed by atoms with van der Waals surface area (Å²) < 4.78 is 4.94. The first-order valence-electron chi connectivity index (χ1n) is 4.67. The van der Waals surface area contributed by atoms with Crippen molar-refractivity contribution in [1.82, 2.24) is 10.3 Å². The summed E-state index contributed by atoms with van der Waals surface area (Å²) in [6.07, 6.45) is 5.26. The predicted molar refractivity (Wildman–Crippen MR) is 57.9 cm³/mol. The number of allylic oxidation sites excluding steroid dienone is 1. The van der Waals surface area contributed by atoms with E-state index in [0.29, 0.717) is 18.0 Å². The largest absolute Gasteiger partial charge is 0.495 e. The third-order valence-electron chi connectivity index (χ3n) is 1.82. The van der Waals surface area contributed by atoms with Crippen LogP contribution in [0.25, 0.3) is 0 Å². The SMILES string of the molecule is C/C=C/CNC(=O)c1ccc(OC)cn1. The Bertz CT molecular complexity index is 344. The highest BCUT2D eigenvalue weighted by atomic mass is 16.5. The maximum absolute atomic E-state index is 11.5. The van der Waals surface area contributed by atoms with Gasteiger partial charge in [0.05, 0.1) is 13.3 Å². The highest BCUT2D eigenvalue weighted by Gasteiger charge is 2.04. The lowest BCUT2D eigenvalue weighted by molar-refractivity contribution is 0.0953. The van der Waals surface area contributed by atoms with Crippen LogP contribution in [0.2, 0.25) is 0 Å². The average molecular weight is 206 g/mol. The standard InChI is InChI=1S/C11H14N2O2/c1-3-4-7-12-11(14)10-6-5-9(15-2)8-13-10/h3-6,8H,7H2,1-2H3,(H,12,14)/b4-3+. The Hall–Kier alpha value is -1.84. The predicted octanol–water partition coefficient (Wildman–Crippen LogP) is 1.40. The molecule has 1 rings (SSSR count). The number of rotatable bonds is 4. The van der Waals surface area contributed by atoms with Gasteiger partial charge in [0.15, 0.2) is 0 Å². The summed E-state index contributed by atoms with van der Waals surface area (Å²) in [6.45, 7) is 2.42. The first-order valence-corrected chi connectivity index (χ1v) is 4.67. The molecule has 0 unspecified atom stereocenters. The van der Waals surface area contributed by atoms with Crippen molar-refractivity contribution in [3.63, 3.8) is 0 Å². The Kier molecular flexibility index (Phi) is 4.34. The van der Waals surface area contributed by atoms with E-state index in [1.807, 2.05) is 19.1 Å². The zero-order valence-corrected chi connectivity index (χ0v) is 8.86. The summed E-state index contributed by atoms with van der Waals surface area (Å²) in [5.41, 5.74) is 0.389. The van der Waals surface area contributed by atoms with Crippen LogP contribution < -0.4 is 10.1 Å².